The summed E-state index contributed by atoms with van der Waals surface area (Å²) in [5.74, 6) is 0.239. The van der Waals surface area contributed by atoms with E-state index in [4.69, 9.17) is 11.6 Å². The Morgan fingerprint density at radius 2 is 1.40 bits per heavy atom. The summed E-state index contributed by atoms with van der Waals surface area (Å²) in [6.07, 6.45) is 4.11. The SMILES string of the molecule is CC(C)(C)C1=CC(CN=Nc2ccc(Cl)cc2)C=C(C(C)(C)C)C1=O. The number of benzene rings is 1. The van der Waals surface area contributed by atoms with Crippen LogP contribution in [0.5, 0.6) is 0 Å². The van der Waals surface area contributed by atoms with E-state index in [9.17, 15) is 4.79 Å². The summed E-state index contributed by atoms with van der Waals surface area (Å²) in [6.45, 7) is 13.0. The first kappa shape index (κ1) is 19.6. The van der Waals surface area contributed by atoms with E-state index in [0.717, 1.165) is 16.8 Å². The molecule has 2 rings (SSSR count). The highest BCUT2D eigenvalue weighted by Crippen LogP contribution is 2.39. The van der Waals surface area contributed by atoms with Crippen LogP contribution in [0.1, 0.15) is 41.5 Å². The van der Waals surface area contributed by atoms with Gasteiger partial charge in [-0.05, 0) is 35.1 Å². The van der Waals surface area contributed by atoms with Crippen molar-refractivity contribution in [2.24, 2.45) is 27.0 Å². The van der Waals surface area contributed by atoms with Gasteiger partial charge in [0.25, 0.3) is 0 Å². The smallest absolute Gasteiger partial charge is 0.185 e. The molecule has 0 N–H and O–H groups in total. The molecule has 0 amide bonds. The van der Waals surface area contributed by atoms with Crippen LogP contribution in [-0.2, 0) is 4.79 Å². The minimum Gasteiger partial charge on any atom is -0.289 e. The van der Waals surface area contributed by atoms with Gasteiger partial charge in [-0.1, -0.05) is 65.3 Å². The molecule has 0 bridgehead atoms. The zero-order chi connectivity index (χ0) is 18.8. The summed E-state index contributed by atoms with van der Waals surface area (Å²) < 4.78 is 0. The van der Waals surface area contributed by atoms with E-state index in [1.165, 1.54) is 0 Å². The van der Waals surface area contributed by atoms with Gasteiger partial charge in [0.15, 0.2) is 5.78 Å². The molecule has 0 spiro atoms. The molecular weight excluding hydrogens is 332 g/mol. The number of allylic oxidation sites excluding steroid dienone is 2. The summed E-state index contributed by atoms with van der Waals surface area (Å²) in [6, 6.07) is 7.26. The lowest BCUT2D eigenvalue weighted by molar-refractivity contribution is -0.114. The van der Waals surface area contributed by atoms with E-state index in [2.05, 4.69) is 63.9 Å². The molecule has 1 aromatic carbocycles. The maximum Gasteiger partial charge on any atom is 0.185 e. The van der Waals surface area contributed by atoms with Crippen molar-refractivity contribution in [1.29, 1.82) is 0 Å². The van der Waals surface area contributed by atoms with Crippen LogP contribution in [0, 0.1) is 16.7 Å². The number of Topliss-reactive ketones (excluding diaryl/α,β-unsaturated/α-hetero) is 1. The molecule has 0 fully saturated rings. The van der Waals surface area contributed by atoms with Crippen LogP contribution in [0.4, 0.5) is 5.69 Å². The van der Waals surface area contributed by atoms with Crippen molar-refractivity contribution >= 4 is 23.1 Å². The van der Waals surface area contributed by atoms with Crippen molar-refractivity contribution < 1.29 is 4.79 Å². The Balaban J connectivity index is 2.24. The van der Waals surface area contributed by atoms with Crippen LogP contribution in [0.2, 0.25) is 5.02 Å². The Hall–Kier alpha value is -1.74. The highest BCUT2D eigenvalue weighted by molar-refractivity contribution is 6.30. The van der Waals surface area contributed by atoms with Gasteiger partial charge in [-0.15, -0.1) is 0 Å². The van der Waals surface area contributed by atoms with E-state index in [1.807, 2.05) is 12.1 Å². The molecular formula is C21H27ClN2O. The van der Waals surface area contributed by atoms with E-state index in [1.54, 1.807) is 12.1 Å². The molecule has 0 heterocycles. The Labute approximate surface area is 155 Å². The Bertz CT molecular complexity index is 695. The molecule has 0 atom stereocenters. The number of hydrogen-bond acceptors (Lipinski definition) is 3. The molecule has 0 saturated heterocycles. The molecule has 1 aromatic rings. The molecule has 0 aromatic heterocycles. The van der Waals surface area contributed by atoms with Gasteiger partial charge in [0.2, 0.25) is 0 Å². The average Bonchev–Trinajstić information content (AvgIpc) is 2.48. The van der Waals surface area contributed by atoms with Gasteiger partial charge in [0.1, 0.15) is 0 Å². The summed E-state index contributed by atoms with van der Waals surface area (Å²) >= 11 is 5.88. The Morgan fingerprint density at radius 1 is 0.920 bits per heavy atom. The van der Waals surface area contributed by atoms with Gasteiger partial charge in [0.05, 0.1) is 12.2 Å². The van der Waals surface area contributed by atoms with Gasteiger partial charge in [-0.25, -0.2) is 0 Å². The van der Waals surface area contributed by atoms with Gasteiger partial charge < -0.3 is 0 Å². The fraction of sp³-hybridized carbons (Fsp3) is 0.476. The van der Waals surface area contributed by atoms with E-state index in [-0.39, 0.29) is 22.5 Å². The molecule has 4 heteroatoms. The molecule has 0 unspecified atom stereocenters. The first-order valence-corrected chi connectivity index (χ1v) is 8.98. The molecule has 0 radical (unpaired) electrons. The monoisotopic (exact) mass is 358 g/mol. The standard InChI is InChI=1S/C21H27ClN2O/c1-20(2,3)17-11-14(12-18(19(17)25)21(4,5)6)13-23-24-16-9-7-15(22)8-10-16/h7-12,14H,13H2,1-6H3. The first-order chi connectivity index (χ1) is 11.5. The van der Waals surface area contributed by atoms with E-state index >= 15 is 0 Å². The Morgan fingerprint density at radius 3 is 1.84 bits per heavy atom. The number of halogens is 1. The maximum absolute atomic E-state index is 12.9. The predicted molar refractivity (Wildman–Crippen MR) is 104 cm³/mol. The second-order valence-corrected chi connectivity index (χ2v) is 8.99. The van der Waals surface area contributed by atoms with E-state index < -0.39 is 0 Å². The molecule has 0 aliphatic heterocycles. The molecule has 1 aliphatic rings. The van der Waals surface area contributed by atoms with Gasteiger partial charge in [-0.3, -0.25) is 4.79 Å². The lowest BCUT2D eigenvalue weighted by Crippen LogP contribution is -2.30. The number of hydrogen-bond donors (Lipinski definition) is 0. The first-order valence-electron chi connectivity index (χ1n) is 8.61. The topological polar surface area (TPSA) is 41.8 Å². The molecule has 25 heavy (non-hydrogen) atoms. The molecule has 0 saturated carbocycles. The minimum absolute atomic E-state index is 0.0807. The Kier molecular flexibility index (Phi) is 5.68. The third-order valence-electron chi connectivity index (χ3n) is 4.17. The number of carbonyl (C=O) groups is 1. The predicted octanol–water partition coefficient (Wildman–Crippen LogP) is 6.57. The van der Waals surface area contributed by atoms with Crippen molar-refractivity contribution in [3.63, 3.8) is 0 Å². The van der Waals surface area contributed by atoms with Crippen molar-refractivity contribution in [1.82, 2.24) is 0 Å². The second-order valence-electron chi connectivity index (χ2n) is 8.55. The third kappa shape index (κ3) is 5.12. The highest BCUT2D eigenvalue weighted by Gasteiger charge is 2.35. The quantitative estimate of drug-likeness (QED) is 0.563. The minimum atomic E-state index is -0.187. The normalized spacial score (nSPS) is 17.0. The van der Waals surface area contributed by atoms with Crippen LogP contribution in [0.15, 0.2) is 57.8 Å². The lowest BCUT2D eigenvalue weighted by Gasteiger charge is -2.32. The zero-order valence-corrected chi connectivity index (χ0v) is 16.7. The number of rotatable bonds is 3. The van der Waals surface area contributed by atoms with Gasteiger partial charge >= 0.3 is 0 Å². The largest absolute Gasteiger partial charge is 0.289 e. The number of carbonyl (C=O) groups excluding carboxylic acids is 1. The average molecular weight is 359 g/mol. The summed E-state index contributed by atoms with van der Waals surface area (Å²) in [7, 11) is 0. The van der Waals surface area contributed by atoms with Crippen molar-refractivity contribution in [3.05, 3.63) is 52.6 Å². The molecule has 3 nitrogen and oxygen atoms in total. The van der Waals surface area contributed by atoms with E-state index in [0.29, 0.717) is 11.6 Å². The number of nitrogens with zero attached hydrogens (tertiary/aromatic N) is 2. The van der Waals surface area contributed by atoms with Crippen LogP contribution in [0.25, 0.3) is 0 Å². The maximum atomic E-state index is 12.9. The van der Waals surface area contributed by atoms with Crippen molar-refractivity contribution in [2.75, 3.05) is 6.54 Å². The highest BCUT2D eigenvalue weighted by atomic mass is 35.5. The lowest BCUT2D eigenvalue weighted by atomic mass is 9.71. The van der Waals surface area contributed by atoms with Crippen LogP contribution in [-0.4, -0.2) is 12.3 Å². The van der Waals surface area contributed by atoms with Gasteiger partial charge in [0, 0.05) is 22.1 Å². The summed E-state index contributed by atoms with van der Waals surface area (Å²) in [4.78, 5) is 12.9. The summed E-state index contributed by atoms with van der Waals surface area (Å²) in [5.41, 5.74) is 2.13. The molecule has 134 valence electrons. The second kappa shape index (κ2) is 7.25. The zero-order valence-electron chi connectivity index (χ0n) is 15.9. The number of ketones is 1. The van der Waals surface area contributed by atoms with Crippen molar-refractivity contribution in [2.45, 2.75) is 41.5 Å². The fourth-order valence-electron chi connectivity index (χ4n) is 2.78. The number of azo groups is 1. The summed E-state index contributed by atoms with van der Waals surface area (Å²) in [5, 5.41) is 9.27. The molecule has 1 aliphatic carbocycles. The van der Waals surface area contributed by atoms with Crippen LogP contribution >= 0.6 is 11.6 Å². The van der Waals surface area contributed by atoms with Crippen LogP contribution < -0.4 is 0 Å². The van der Waals surface area contributed by atoms with Crippen LogP contribution in [0.3, 0.4) is 0 Å². The van der Waals surface area contributed by atoms with Gasteiger partial charge in [-0.2, -0.15) is 10.2 Å². The third-order valence-corrected chi connectivity index (χ3v) is 4.42. The van der Waals surface area contributed by atoms with Crippen molar-refractivity contribution in [3.8, 4) is 0 Å². The fourth-order valence-corrected chi connectivity index (χ4v) is 2.91.